The van der Waals surface area contributed by atoms with Crippen LogP contribution in [0.5, 0.6) is 0 Å². The number of nitrogens with one attached hydrogen (secondary N) is 1. The van der Waals surface area contributed by atoms with Gasteiger partial charge >= 0.3 is 0 Å². The molecule has 0 unspecified atom stereocenters. The number of nitrogens with zero attached hydrogens (tertiary/aromatic N) is 3. The van der Waals surface area contributed by atoms with Crippen LogP contribution in [0.25, 0.3) is 11.3 Å². The molecule has 8 heteroatoms. The zero-order valence-corrected chi connectivity index (χ0v) is 19.2. The lowest BCUT2D eigenvalue weighted by atomic mass is 10.0. The van der Waals surface area contributed by atoms with E-state index >= 15 is 0 Å². The van der Waals surface area contributed by atoms with E-state index in [1.807, 2.05) is 42.6 Å². The fraction of sp³-hybridized carbons (Fsp3) is 0.125. The number of hydrogen-bond donors (Lipinski definition) is 1. The number of pyridine rings is 2. The van der Waals surface area contributed by atoms with Crippen LogP contribution in [0.4, 0.5) is 4.39 Å². The molecule has 0 amide bonds. The lowest BCUT2D eigenvalue weighted by Crippen LogP contribution is -2.29. The molecule has 3 aromatic heterocycles. The monoisotopic (exact) mass is 508 g/mol. The fourth-order valence-corrected chi connectivity index (χ4v) is 4.56. The maximum absolute atomic E-state index is 14.5. The third kappa shape index (κ3) is 4.03. The number of furan rings is 1. The normalized spacial score (nSPS) is 18.1. The smallest absolute Gasteiger partial charge is 0.170 e. The maximum atomic E-state index is 14.5. The molecule has 1 N–H and O–H groups in total. The predicted molar refractivity (Wildman–Crippen MR) is 127 cm³/mol. The van der Waals surface area contributed by atoms with Crippen LogP contribution >= 0.6 is 28.1 Å². The largest absolute Gasteiger partial charge is 0.459 e. The van der Waals surface area contributed by atoms with Crippen LogP contribution in [0.15, 0.2) is 88.1 Å². The van der Waals surface area contributed by atoms with Crippen molar-refractivity contribution in [3.05, 3.63) is 107 Å². The van der Waals surface area contributed by atoms with Gasteiger partial charge in [-0.15, -0.1) is 0 Å². The number of aromatic nitrogens is 2. The molecule has 0 aliphatic carbocycles. The van der Waals surface area contributed by atoms with E-state index in [1.54, 1.807) is 30.6 Å². The molecule has 5 nitrogen and oxygen atoms in total. The van der Waals surface area contributed by atoms with Gasteiger partial charge < -0.3 is 14.6 Å². The highest BCUT2D eigenvalue weighted by atomic mass is 79.9. The summed E-state index contributed by atoms with van der Waals surface area (Å²) >= 11 is 8.98. The van der Waals surface area contributed by atoms with Gasteiger partial charge in [0.05, 0.1) is 17.3 Å². The summed E-state index contributed by atoms with van der Waals surface area (Å²) in [6, 6.07) is 17.8. The minimum absolute atomic E-state index is 0.214. The van der Waals surface area contributed by atoms with Crippen LogP contribution in [-0.2, 0) is 6.54 Å². The Labute approximate surface area is 198 Å². The SMILES string of the molecule is Fc1cc(Br)ccc1-c1ccc([C@@H]2[C@@H](c3ccccn3)NC(=S)N2Cc2cccnc2)o1. The van der Waals surface area contributed by atoms with E-state index in [-0.39, 0.29) is 17.9 Å². The summed E-state index contributed by atoms with van der Waals surface area (Å²) in [6.07, 6.45) is 5.31. The second-order valence-electron chi connectivity index (χ2n) is 7.44. The number of hydrogen-bond acceptors (Lipinski definition) is 4. The van der Waals surface area contributed by atoms with Crippen LogP contribution in [0.1, 0.15) is 29.1 Å². The van der Waals surface area contributed by atoms with Gasteiger partial charge in [0.15, 0.2) is 5.11 Å². The quantitative estimate of drug-likeness (QED) is 0.343. The third-order valence-corrected chi connectivity index (χ3v) is 6.23. The van der Waals surface area contributed by atoms with Crippen molar-refractivity contribution in [2.24, 2.45) is 0 Å². The number of rotatable bonds is 5. The average Bonchev–Trinajstić information content (AvgIpc) is 3.40. The molecular formula is C24H18BrFN4OS. The van der Waals surface area contributed by atoms with E-state index in [4.69, 9.17) is 16.6 Å². The Bertz CT molecular complexity index is 1250. The van der Waals surface area contributed by atoms with Crippen molar-refractivity contribution in [3.8, 4) is 11.3 Å². The summed E-state index contributed by atoms with van der Waals surface area (Å²) in [5, 5.41) is 3.99. The molecule has 0 radical (unpaired) electrons. The third-order valence-electron chi connectivity index (χ3n) is 5.39. The van der Waals surface area contributed by atoms with Gasteiger partial charge in [0, 0.05) is 29.6 Å². The Morgan fingerprint density at radius 2 is 2.00 bits per heavy atom. The van der Waals surface area contributed by atoms with Gasteiger partial charge in [0.25, 0.3) is 0 Å². The van der Waals surface area contributed by atoms with Crippen LogP contribution in [-0.4, -0.2) is 20.0 Å². The van der Waals surface area contributed by atoms with Gasteiger partial charge in [0.2, 0.25) is 0 Å². The molecule has 1 fully saturated rings. The summed E-state index contributed by atoms with van der Waals surface area (Å²) in [7, 11) is 0. The Morgan fingerprint density at radius 1 is 1.09 bits per heavy atom. The first kappa shape index (κ1) is 20.8. The van der Waals surface area contributed by atoms with Crippen molar-refractivity contribution in [1.82, 2.24) is 20.2 Å². The van der Waals surface area contributed by atoms with Crippen molar-refractivity contribution >= 4 is 33.3 Å². The van der Waals surface area contributed by atoms with Crippen LogP contribution in [0.3, 0.4) is 0 Å². The van der Waals surface area contributed by atoms with Crippen LogP contribution < -0.4 is 5.32 Å². The minimum atomic E-state index is -0.353. The van der Waals surface area contributed by atoms with Crippen molar-refractivity contribution in [1.29, 1.82) is 0 Å². The van der Waals surface area contributed by atoms with Gasteiger partial charge in [-0.2, -0.15) is 0 Å². The number of halogens is 2. The molecule has 160 valence electrons. The van der Waals surface area contributed by atoms with Crippen molar-refractivity contribution in [2.45, 2.75) is 18.6 Å². The minimum Gasteiger partial charge on any atom is -0.459 e. The van der Waals surface area contributed by atoms with Crippen LogP contribution in [0.2, 0.25) is 0 Å². The summed E-state index contributed by atoms with van der Waals surface area (Å²) in [5.74, 6) is 0.784. The molecule has 0 spiro atoms. The van der Waals surface area contributed by atoms with Gasteiger partial charge in [-0.3, -0.25) is 9.97 Å². The van der Waals surface area contributed by atoms with E-state index in [2.05, 4.69) is 36.1 Å². The van der Waals surface area contributed by atoms with Crippen molar-refractivity contribution in [2.75, 3.05) is 0 Å². The van der Waals surface area contributed by atoms with E-state index in [1.165, 1.54) is 6.07 Å². The molecule has 4 heterocycles. The molecule has 1 aliphatic heterocycles. The average molecular weight is 509 g/mol. The molecular weight excluding hydrogens is 491 g/mol. The number of thiocarbonyl (C=S) groups is 1. The zero-order valence-electron chi connectivity index (χ0n) is 16.8. The molecule has 5 rings (SSSR count). The Morgan fingerprint density at radius 3 is 2.75 bits per heavy atom. The van der Waals surface area contributed by atoms with E-state index in [9.17, 15) is 4.39 Å². The highest BCUT2D eigenvalue weighted by molar-refractivity contribution is 9.10. The lowest BCUT2D eigenvalue weighted by molar-refractivity contribution is 0.268. The van der Waals surface area contributed by atoms with E-state index in [0.29, 0.717) is 33.2 Å². The van der Waals surface area contributed by atoms with E-state index < -0.39 is 0 Å². The van der Waals surface area contributed by atoms with Crippen LogP contribution in [0, 0.1) is 5.82 Å². The first-order valence-electron chi connectivity index (χ1n) is 10.0. The Balaban J connectivity index is 1.55. The standard InChI is InChI=1S/C24H18BrFN4OS/c25-16-6-7-17(18(26)12-16)20-8-9-21(31-20)23-22(19-5-1-2-11-28-19)29-24(32)30(23)14-15-4-3-10-27-13-15/h1-13,22-23H,14H2,(H,29,32)/t22-,23-/m1/s1. The highest BCUT2D eigenvalue weighted by Gasteiger charge is 2.41. The summed E-state index contributed by atoms with van der Waals surface area (Å²) in [4.78, 5) is 10.8. The first-order chi connectivity index (χ1) is 15.6. The van der Waals surface area contributed by atoms with Gasteiger partial charge in [-0.25, -0.2) is 4.39 Å². The fourth-order valence-electron chi connectivity index (χ4n) is 3.92. The molecule has 4 aromatic rings. The molecule has 1 aromatic carbocycles. The van der Waals surface area contributed by atoms with Crippen molar-refractivity contribution < 1.29 is 8.81 Å². The van der Waals surface area contributed by atoms with Gasteiger partial charge in [-0.05, 0) is 66.3 Å². The molecule has 1 saturated heterocycles. The molecule has 0 saturated carbocycles. The molecule has 1 aliphatic rings. The summed E-state index contributed by atoms with van der Waals surface area (Å²) in [6.45, 7) is 0.552. The summed E-state index contributed by atoms with van der Waals surface area (Å²) < 4.78 is 21.4. The number of benzene rings is 1. The topological polar surface area (TPSA) is 54.2 Å². The first-order valence-corrected chi connectivity index (χ1v) is 11.2. The highest BCUT2D eigenvalue weighted by Crippen LogP contribution is 2.41. The molecule has 32 heavy (non-hydrogen) atoms. The van der Waals surface area contributed by atoms with Gasteiger partial charge in [0.1, 0.15) is 23.4 Å². The lowest BCUT2D eigenvalue weighted by Gasteiger charge is -2.26. The van der Waals surface area contributed by atoms with E-state index in [0.717, 1.165) is 11.3 Å². The Hall–Kier alpha value is -3.10. The van der Waals surface area contributed by atoms with Gasteiger partial charge in [-0.1, -0.05) is 28.1 Å². The molecule has 2 atom stereocenters. The second kappa shape index (κ2) is 8.80. The molecule has 0 bridgehead atoms. The zero-order chi connectivity index (χ0) is 22.1. The maximum Gasteiger partial charge on any atom is 0.170 e. The Kier molecular flexibility index (Phi) is 5.71. The van der Waals surface area contributed by atoms with Crippen molar-refractivity contribution in [3.63, 3.8) is 0 Å². The second-order valence-corrected chi connectivity index (χ2v) is 8.74. The predicted octanol–water partition coefficient (Wildman–Crippen LogP) is 5.81. The summed E-state index contributed by atoms with van der Waals surface area (Å²) in [5.41, 5.74) is 2.27.